The SMILES string of the molecule is CSc1ccc(C(=O)NCC(O)C(=O)O)cc1[N+](=O)[O-]. The molecule has 1 atom stereocenters. The fourth-order valence-corrected chi connectivity index (χ4v) is 1.90. The highest BCUT2D eigenvalue weighted by Gasteiger charge is 2.19. The number of aliphatic carboxylic acids is 1. The number of hydrogen-bond donors (Lipinski definition) is 3. The Morgan fingerprint density at radius 2 is 2.15 bits per heavy atom. The first-order chi connectivity index (χ1) is 9.36. The number of rotatable bonds is 6. The molecule has 1 unspecified atom stereocenters. The van der Waals surface area contributed by atoms with Gasteiger partial charge in [0.2, 0.25) is 0 Å². The summed E-state index contributed by atoms with van der Waals surface area (Å²) in [5.41, 5.74) is -0.184. The molecule has 0 spiro atoms. The van der Waals surface area contributed by atoms with Gasteiger partial charge in [-0.2, -0.15) is 0 Å². The summed E-state index contributed by atoms with van der Waals surface area (Å²) in [5.74, 6) is -2.16. The molecule has 0 aromatic heterocycles. The van der Waals surface area contributed by atoms with Crippen molar-refractivity contribution in [2.24, 2.45) is 0 Å². The van der Waals surface area contributed by atoms with E-state index >= 15 is 0 Å². The molecule has 0 saturated heterocycles. The van der Waals surface area contributed by atoms with Gasteiger partial charge in [-0.15, -0.1) is 11.8 Å². The van der Waals surface area contributed by atoms with Crippen LogP contribution in [0.15, 0.2) is 23.1 Å². The molecule has 3 N–H and O–H groups in total. The summed E-state index contributed by atoms with van der Waals surface area (Å²) < 4.78 is 0. The Balaban J connectivity index is 2.86. The molecule has 9 heteroatoms. The lowest BCUT2D eigenvalue weighted by molar-refractivity contribution is -0.387. The van der Waals surface area contributed by atoms with Crippen LogP contribution in [0.3, 0.4) is 0 Å². The number of carboxylic acid groups (broad SMARTS) is 1. The summed E-state index contributed by atoms with van der Waals surface area (Å²) in [4.78, 5) is 32.7. The quantitative estimate of drug-likeness (QED) is 0.396. The number of hydrogen-bond acceptors (Lipinski definition) is 6. The minimum atomic E-state index is -1.72. The zero-order chi connectivity index (χ0) is 15.3. The number of nitrogens with zero attached hydrogens (tertiary/aromatic N) is 1. The monoisotopic (exact) mass is 300 g/mol. The molecule has 0 aliphatic rings. The third kappa shape index (κ3) is 3.93. The molecule has 0 saturated carbocycles. The number of carbonyl (C=O) groups excluding carboxylic acids is 1. The van der Waals surface area contributed by atoms with Gasteiger partial charge in [-0.3, -0.25) is 14.9 Å². The van der Waals surface area contributed by atoms with Gasteiger partial charge in [0.25, 0.3) is 11.6 Å². The van der Waals surface area contributed by atoms with E-state index in [2.05, 4.69) is 5.32 Å². The molecule has 1 aromatic carbocycles. The minimum absolute atomic E-state index is 0.0205. The summed E-state index contributed by atoms with van der Waals surface area (Å²) >= 11 is 1.18. The Hall–Kier alpha value is -2.13. The van der Waals surface area contributed by atoms with E-state index in [4.69, 9.17) is 10.2 Å². The van der Waals surface area contributed by atoms with Crippen molar-refractivity contribution in [1.82, 2.24) is 5.32 Å². The lowest BCUT2D eigenvalue weighted by atomic mass is 10.2. The lowest BCUT2D eigenvalue weighted by Crippen LogP contribution is -2.36. The Bertz CT molecular complexity index is 548. The van der Waals surface area contributed by atoms with E-state index in [1.165, 1.54) is 23.9 Å². The first-order valence-corrected chi connectivity index (χ1v) is 6.60. The van der Waals surface area contributed by atoms with E-state index in [1.807, 2.05) is 0 Å². The molecule has 0 fully saturated rings. The number of nitrogens with one attached hydrogen (secondary N) is 1. The Kier molecular flexibility index (Phi) is 5.47. The van der Waals surface area contributed by atoms with E-state index in [0.29, 0.717) is 4.90 Å². The molecular weight excluding hydrogens is 288 g/mol. The Morgan fingerprint density at radius 1 is 1.50 bits per heavy atom. The average Bonchev–Trinajstić information content (AvgIpc) is 2.43. The van der Waals surface area contributed by atoms with Crippen molar-refractivity contribution >= 4 is 29.3 Å². The second kappa shape index (κ2) is 6.87. The number of aliphatic hydroxyl groups is 1. The molecule has 108 valence electrons. The van der Waals surface area contributed by atoms with E-state index in [9.17, 15) is 19.7 Å². The number of nitro benzene ring substituents is 1. The van der Waals surface area contributed by atoms with Crippen LogP contribution in [0.1, 0.15) is 10.4 Å². The summed E-state index contributed by atoms with van der Waals surface area (Å²) in [6, 6.07) is 3.93. The summed E-state index contributed by atoms with van der Waals surface area (Å²) in [6.45, 7) is -0.480. The minimum Gasteiger partial charge on any atom is -0.479 e. The van der Waals surface area contributed by atoms with Crippen LogP contribution in [0, 0.1) is 10.1 Å². The third-order valence-electron chi connectivity index (χ3n) is 2.38. The number of aliphatic hydroxyl groups excluding tert-OH is 1. The average molecular weight is 300 g/mol. The molecule has 0 heterocycles. The van der Waals surface area contributed by atoms with Crippen LogP contribution in [-0.4, -0.2) is 45.9 Å². The van der Waals surface area contributed by atoms with Crippen LogP contribution in [0.5, 0.6) is 0 Å². The predicted octanol–water partition coefficient (Wildman–Crippen LogP) is 0.492. The Morgan fingerprint density at radius 3 is 2.65 bits per heavy atom. The zero-order valence-electron chi connectivity index (χ0n) is 10.4. The highest BCUT2D eigenvalue weighted by atomic mass is 32.2. The van der Waals surface area contributed by atoms with Crippen LogP contribution in [-0.2, 0) is 4.79 Å². The van der Waals surface area contributed by atoms with E-state index in [1.54, 1.807) is 6.26 Å². The smallest absolute Gasteiger partial charge is 0.334 e. The third-order valence-corrected chi connectivity index (χ3v) is 3.16. The molecule has 1 amide bonds. The predicted molar refractivity (Wildman–Crippen MR) is 70.9 cm³/mol. The number of carboxylic acids is 1. The van der Waals surface area contributed by atoms with Crippen LogP contribution >= 0.6 is 11.8 Å². The molecular formula is C11H12N2O6S. The van der Waals surface area contributed by atoms with Gasteiger partial charge in [-0.25, -0.2) is 4.79 Å². The zero-order valence-corrected chi connectivity index (χ0v) is 11.2. The van der Waals surface area contributed by atoms with Crippen molar-refractivity contribution in [3.8, 4) is 0 Å². The van der Waals surface area contributed by atoms with Gasteiger partial charge in [0.05, 0.1) is 16.4 Å². The number of benzene rings is 1. The molecule has 1 rings (SSSR count). The number of thioether (sulfide) groups is 1. The van der Waals surface area contributed by atoms with Gasteiger partial charge in [-0.1, -0.05) is 0 Å². The fourth-order valence-electron chi connectivity index (χ4n) is 1.35. The number of amides is 1. The molecule has 0 radical (unpaired) electrons. The van der Waals surface area contributed by atoms with Gasteiger partial charge in [0, 0.05) is 11.6 Å². The van der Waals surface area contributed by atoms with Crippen LogP contribution in [0.25, 0.3) is 0 Å². The molecule has 0 aliphatic carbocycles. The van der Waals surface area contributed by atoms with Crippen molar-refractivity contribution in [2.75, 3.05) is 12.8 Å². The van der Waals surface area contributed by atoms with Gasteiger partial charge >= 0.3 is 5.97 Å². The molecule has 0 aliphatic heterocycles. The van der Waals surface area contributed by atoms with Gasteiger partial charge in [0.1, 0.15) is 0 Å². The van der Waals surface area contributed by atoms with Crippen LogP contribution in [0.2, 0.25) is 0 Å². The first kappa shape index (κ1) is 15.9. The van der Waals surface area contributed by atoms with Crippen LogP contribution < -0.4 is 5.32 Å². The second-order valence-corrected chi connectivity index (χ2v) is 4.56. The van der Waals surface area contributed by atoms with Crippen LogP contribution in [0.4, 0.5) is 5.69 Å². The molecule has 8 nitrogen and oxygen atoms in total. The first-order valence-electron chi connectivity index (χ1n) is 5.38. The van der Waals surface area contributed by atoms with Crippen molar-refractivity contribution in [3.05, 3.63) is 33.9 Å². The largest absolute Gasteiger partial charge is 0.479 e. The van der Waals surface area contributed by atoms with E-state index in [-0.39, 0.29) is 11.3 Å². The number of carbonyl (C=O) groups is 2. The molecule has 0 bridgehead atoms. The van der Waals surface area contributed by atoms with Crippen molar-refractivity contribution in [1.29, 1.82) is 0 Å². The fraction of sp³-hybridized carbons (Fsp3) is 0.273. The maximum absolute atomic E-state index is 11.7. The second-order valence-electron chi connectivity index (χ2n) is 3.71. The highest BCUT2D eigenvalue weighted by molar-refractivity contribution is 7.98. The molecule has 20 heavy (non-hydrogen) atoms. The van der Waals surface area contributed by atoms with Gasteiger partial charge < -0.3 is 15.5 Å². The lowest BCUT2D eigenvalue weighted by Gasteiger charge is -2.08. The Labute approximate surface area is 117 Å². The summed E-state index contributed by atoms with van der Waals surface area (Å²) in [5, 5.41) is 30.5. The molecule has 1 aromatic rings. The van der Waals surface area contributed by atoms with Crippen molar-refractivity contribution in [3.63, 3.8) is 0 Å². The van der Waals surface area contributed by atoms with Gasteiger partial charge in [0.15, 0.2) is 6.10 Å². The van der Waals surface area contributed by atoms with Crippen molar-refractivity contribution in [2.45, 2.75) is 11.0 Å². The van der Waals surface area contributed by atoms with E-state index < -0.39 is 29.4 Å². The maximum Gasteiger partial charge on any atom is 0.334 e. The topological polar surface area (TPSA) is 130 Å². The number of nitro groups is 1. The maximum atomic E-state index is 11.7. The van der Waals surface area contributed by atoms with E-state index in [0.717, 1.165) is 6.07 Å². The highest BCUT2D eigenvalue weighted by Crippen LogP contribution is 2.28. The van der Waals surface area contributed by atoms with Gasteiger partial charge in [-0.05, 0) is 18.4 Å². The summed E-state index contributed by atoms with van der Waals surface area (Å²) in [6.07, 6.45) is -0.0509. The normalized spacial score (nSPS) is 11.7. The van der Waals surface area contributed by atoms with Crippen molar-refractivity contribution < 1.29 is 24.7 Å². The summed E-state index contributed by atoms with van der Waals surface area (Å²) in [7, 11) is 0. The standard InChI is InChI=1S/C11H12N2O6S/c1-20-9-3-2-6(4-7(9)13(18)19)10(15)12-5-8(14)11(16)17/h2-4,8,14H,5H2,1H3,(H,12,15)(H,16,17).